The van der Waals surface area contributed by atoms with E-state index in [1.807, 2.05) is 0 Å². The summed E-state index contributed by atoms with van der Waals surface area (Å²) in [6.07, 6.45) is 0. The Morgan fingerprint density at radius 2 is 1.19 bits per heavy atom. The third kappa shape index (κ3) is 1.34. The summed E-state index contributed by atoms with van der Waals surface area (Å²) in [5.74, 6) is 0. The maximum absolute atomic E-state index is 2.37. The summed E-state index contributed by atoms with van der Waals surface area (Å²) in [7, 11) is 0. The molecule has 0 heteroatoms. The van der Waals surface area contributed by atoms with Crippen LogP contribution in [-0.4, -0.2) is 0 Å². The standard InChI is InChI=1S/C21H14/c1-13-5-2-8-15-11-19-16-9-3-6-14-7-4-10-17(21(14)16)20(19)12-18(13)15/h2-12H,1H3. The Balaban J connectivity index is 2.01. The zero-order valence-corrected chi connectivity index (χ0v) is 11.9. The number of aryl methyl sites for hydroxylation is 1. The molecular weight excluding hydrogens is 252 g/mol. The molecule has 1 aliphatic carbocycles. The lowest BCUT2D eigenvalue weighted by Gasteiger charge is -2.07. The highest BCUT2D eigenvalue weighted by Gasteiger charge is 2.21. The molecule has 0 fully saturated rings. The van der Waals surface area contributed by atoms with Gasteiger partial charge in [0.2, 0.25) is 0 Å². The first-order valence-electron chi connectivity index (χ1n) is 7.39. The van der Waals surface area contributed by atoms with E-state index in [2.05, 4.69) is 73.7 Å². The van der Waals surface area contributed by atoms with Crippen LogP contribution in [0.2, 0.25) is 0 Å². The molecule has 21 heavy (non-hydrogen) atoms. The Morgan fingerprint density at radius 1 is 0.571 bits per heavy atom. The molecule has 0 heterocycles. The lowest BCUT2D eigenvalue weighted by molar-refractivity contribution is 1.53. The van der Waals surface area contributed by atoms with E-state index in [9.17, 15) is 0 Å². The highest BCUT2D eigenvalue weighted by Crippen LogP contribution is 2.48. The molecule has 0 saturated heterocycles. The van der Waals surface area contributed by atoms with Gasteiger partial charge in [-0.05, 0) is 68.4 Å². The third-order valence-corrected chi connectivity index (χ3v) is 4.72. The molecular formula is C21H14. The molecule has 0 spiro atoms. The Hall–Kier alpha value is -2.60. The Labute approximate surface area is 123 Å². The number of benzene rings is 4. The molecule has 1 aliphatic rings. The first-order chi connectivity index (χ1) is 10.3. The van der Waals surface area contributed by atoms with Crippen LogP contribution in [0.4, 0.5) is 0 Å². The number of fused-ring (bicyclic) bond motifs is 4. The fourth-order valence-electron chi connectivity index (χ4n) is 3.72. The molecule has 0 atom stereocenters. The van der Waals surface area contributed by atoms with Crippen molar-refractivity contribution >= 4 is 21.5 Å². The lowest BCUT2D eigenvalue weighted by Crippen LogP contribution is -1.82. The van der Waals surface area contributed by atoms with Gasteiger partial charge >= 0.3 is 0 Å². The zero-order chi connectivity index (χ0) is 14.0. The molecule has 0 saturated carbocycles. The van der Waals surface area contributed by atoms with Gasteiger partial charge < -0.3 is 0 Å². The fourth-order valence-corrected chi connectivity index (χ4v) is 3.72. The van der Waals surface area contributed by atoms with E-state index in [4.69, 9.17) is 0 Å². The van der Waals surface area contributed by atoms with Gasteiger partial charge in [-0.1, -0.05) is 54.6 Å². The normalized spacial score (nSPS) is 12.0. The van der Waals surface area contributed by atoms with Crippen LogP contribution in [0, 0.1) is 6.92 Å². The van der Waals surface area contributed by atoms with Crippen molar-refractivity contribution in [3.8, 4) is 22.3 Å². The summed E-state index contributed by atoms with van der Waals surface area (Å²) in [6.45, 7) is 2.19. The summed E-state index contributed by atoms with van der Waals surface area (Å²) in [5, 5.41) is 5.43. The molecule has 0 amide bonds. The van der Waals surface area contributed by atoms with Gasteiger partial charge in [0.05, 0.1) is 0 Å². The quantitative estimate of drug-likeness (QED) is 0.325. The molecule has 0 aromatic heterocycles. The molecule has 4 aromatic rings. The molecule has 0 unspecified atom stereocenters. The van der Waals surface area contributed by atoms with Crippen molar-refractivity contribution in [2.24, 2.45) is 0 Å². The molecule has 98 valence electrons. The third-order valence-electron chi connectivity index (χ3n) is 4.72. The van der Waals surface area contributed by atoms with Crippen molar-refractivity contribution < 1.29 is 0 Å². The smallest absolute Gasteiger partial charge is 0.00264 e. The van der Waals surface area contributed by atoms with Crippen LogP contribution < -0.4 is 0 Å². The van der Waals surface area contributed by atoms with Crippen molar-refractivity contribution in [3.05, 3.63) is 72.3 Å². The predicted molar refractivity (Wildman–Crippen MR) is 90.6 cm³/mol. The minimum Gasteiger partial charge on any atom is -0.0614 e. The second-order valence-electron chi connectivity index (χ2n) is 5.90. The van der Waals surface area contributed by atoms with Crippen LogP contribution in [0.3, 0.4) is 0 Å². The van der Waals surface area contributed by atoms with Crippen molar-refractivity contribution in [2.75, 3.05) is 0 Å². The molecule has 0 nitrogen and oxygen atoms in total. The van der Waals surface area contributed by atoms with E-state index < -0.39 is 0 Å². The Morgan fingerprint density at radius 3 is 1.95 bits per heavy atom. The van der Waals surface area contributed by atoms with E-state index in [1.165, 1.54) is 49.4 Å². The summed E-state index contributed by atoms with van der Waals surface area (Å²) in [6, 6.07) is 24.5. The van der Waals surface area contributed by atoms with Gasteiger partial charge in [-0.3, -0.25) is 0 Å². The average Bonchev–Trinajstić information content (AvgIpc) is 2.83. The first kappa shape index (κ1) is 11.1. The molecule has 0 N–H and O–H groups in total. The van der Waals surface area contributed by atoms with Crippen molar-refractivity contribution in [3.63, 3.8) is 0 Å². The minimum absolute atomic E-state index is 1.33. The Kier molecular flexibility index (Phi) is 1.97. The second-order valence-corrected chi connectivity index (χ2v) is 5.90. The van der Waals surface area contributed by atoms with Gasteiger partial charge in [-0.15, -0.1) is 0 Å². The zero-order valence-electron chi connectivity index (χ0n) is 11.9. The maximum Gasteiger partial charge on any atom is -0.00264 e. The van der Waals surface area contributed by atoms with Crippen molar-refractivity contribution in [1.82, 2.24) is 0 Å². The lowest BCUT2D eigenvalue weighted by atomic mass is 9.97. The second kappa shape index (κ2) is 3.73. The van der Waals surface area contributed by atoms with Crippen LogP contribution in [-0.2, 0) is 0 Å². The number of rotatable bonds is 0. The SMILES string of the molecule is Cc1cccc2cc3c(cc12)-c1cccc2cccc-3c12. The minimum atomic E-state index is 1.33. The van der Waals surface area contributed by atoms with E-state index in [0.717, 1.165) is 0 Å². The van der Waals surface area contributed by atoms with Crippen LogP contribution in [0.15, 0.2) is 66.7 Å². The summed E-state index contributed by atoms with van der Waals surface area (Å²) >= 11 is 0. The van der Waals surface area contributed by atoms with Crippen LogP contribution in [0.25, 0.3) is 43.8 Å². The van der Waals surface area contributed by atoms with Gasteiger partial charge in [0.15, 0.2) is 0 Å². The van der Waals surface area contributed by atoms with Gasteiger partial charge in [0.1, 0.15) is 0 Å². The van der Waals surface area contributed by atoms with E-state index in [1.54, 1.807) is 0 Å². The van der Waals surface area contributed by atoms with E-state index in [0.29, 0.717) is 0 Å². The highest BCUT2D eigenvalue weighted by atomic mass is 14.2. The van der Waals surface area contributed by atoms with Gasteiger partial charge in [0, 0.05) is 0 Å². The van der Waals surface area contributed by atoms with Crippen molar-refractivity contribution in [1.29, 1.82) is 0 Å². The molecule has 4 aromatic carbocycles. The monoisotopic (exact) mass is 266 g/mol. The van der Waals surface area contributed by atoms with Crippen LogP contribution >= 0.6 is 0 Å². The topological polar surface area (TPSA) is 0 Å². The molecule has 5 rings (SSSR count). The predicted octanol–water partition coefficient (Wildman–Crippen LogP) is 5.95. The Bertz CT molecular complexity index is 1030. The average molecular weight is 266 g/mol. The molecule has 0 aliphatic heterocycles. The molecule has 0 bridgehead atoms. The van der Waals surface area contributed by atoms with Gasteiger partial charge in [0.25, 0.3) is 0 Å². The van der Waals surface area contributed by atoms with Gasteiger partial charge in [-0.2, -0.15) is 0 Å². The van der Waals surface area contributed by atoms with E-state index >= 15 is 0 Å². The van der Waals surface area contributed by atoms with E-state index in [-0.39, 0.29) is 0 Å². The van der Waals surface area contributed by atoms with Crippen LogP contribution in [0.1, 0.15) is 5.56 Å². The van der Waals surface area contributed by atoms with Crippen LogP contribution in [0.5, 0.6) is 0 Å². The summed E-state index contributed by atoms with van der Waals surface area (Å²) < 4.78 is 0. The summed E-state index contributed by atoms with van der Waals surface area (Å²) in [5.41, 5.74) is 6.85. The fraction of sp³-hybridized carbons (Fsp3) is 0.0476. The number of hydrogen-bond donors (Lipinski definition) is 0. The van der Waals surface area contributed by atoms with Crippen molar-refractivity contribution in [2.45, 2.75) is 6.92 Å². The first-order valence-corrected chi connectivity index (χ1v) is 7.39. The van der Waals surface area contributed by atoms with Gasteiger partial charge in [-0.25, -0.2) is 0 Å². The number of hydrogen-bond acceptors (Lipinski definition) is 0. The molecule has 0 radical (unpaired) electrons. The maximum atomic E-state index is 2.37. The highest BCUT2D eigenvalue weighted by molar-refractivity contribution is 6.17. The summed E-state index contributed by atoms with van der Waals surface area (Å²) in [4.78, 5) is 0. The largest absolute Gasteiger partial charge is 0.0614 e.